The third-order valence-corrected chi connectivity index (χ3v) is 5.03. The second-order valence-corrected chi connectivity index (χ2v) is 6.76. The average Bonchev–Trinajstić information content (AvgIpc) is 3.27. The van der Waals surface area contributed by atoms with Crippen molar-refractivity contribution in [2.45, 2.75) is 18.9 Å². The molecule has 3 rings (SSSR count). The van der Waals surface area contributed by atoms with Gasteiger partial charge < -0.3 is 19.5 Å². The highest BCUT2D eigenvalue weighted by Gasteiger charge is 2.35. The number of ether oxygens (including phenoxy) is 3. The van der Waals surface area contributed by atoms with Crippen LogP contribution in [0, 0.1) is 11.8 Å². The highest BCUT2D eigenvalue weighted by Crippen LogP contribution is 2.39. The summed E-state index contributed by atoms with van der Waals surface area (Å²) < 4.78 is 15.8. The predicted octanol–water partition coefficient (Wildman–Crippen LogP) is 1.79. The SMILES string of the molecule is COc1cc(C(=O)NNC(=S)N[C@@H]2C[C@H]3C=C[C@H]2C3)cc(OC)c1OC. The molecule has 2 aliphatic carbocycles. The van der Waals surface area contributed by atoms with Crippen molar-refractivity contribution < 1.29 is 19.0 Å². The van der Waals surface area contributed by atoms with E-state index in [1.54, 1.807) is 12.1 Å². The van der Waals surface area contributed by atoms with Crippen molar-refractivity contribution in [1.82, 2.24) is 16.2 Å². The van der Waals surface area contributed by atoms with E-state index in [2.05, 4.69) is 28.3 Å². The topological polar surface area (TPSA) is 80.9 Å². The van der Waals surface area contributed by atoms with E-state index in [-0.39, 0.29) is 5.91 Å². The number of fused-ring (bicyclic) bond motifs is 2. The van der Waals surface area contributed by atoms with Crippen molar-refractivity contribution in [1.29, 1.82) is 0 Å². The van der Waals surface area contributed by atoms with Crippen LogP contribution in [0.5, 0.6) is 17.2 Å². The van der Waals surface area contributed by atoms with Gasteiger partial charge in [-0.2, -0.15) is 0 Å². The molecule has 1 fully saturated rings. The Hall–Kier alpha value is -2.48. The van der Waals surface area contributed by atoms with Gasteiger partial charge >= 0.3 is 0 Å². The molecule has 1 amide bonds. The molecule has 1 saturated carbocycles. The lowest BCUT2D eigenvalue weighted by molar-refractivity contribution is 0.0942. The summed E-state index contributed by atoms with van der Waals surface area (Å²) in [5.41, 5.74) is 5.71. The number of methoxy groups -OCH3 is 3. The van der Waals surface area contributed by atoms with Gasteiger partial charge in [0.2, 0.25) is 5.75 Å². The molecule has 0 spiro atoms. The Bertz CT molecular complexity index is 712. The number of rotatable bonds is 5. The molecular weight excluding hydrogens is 354 g/mol. The normalized spacial score (nSPS) is 22.7. The first kappa shape index (κ1) is 18.3. The first-order valence-corrected chi connectivity index (χ1v) is 8.81. The summed E-state index contributed by atoms with van der Waals surface area (Å²) in [4.78, 5) is 12.4. The van der Waals surface area contributed by atoms with E-state index < -0.39 is 0 Å². The minimum Gasteiger partial charge on any atom is -0.493 e. The molecule has 3 N–H and O–H groups in total. The lowest BCUT2D eigenvalue weighted by Crippen LogP contribution is -2.50. The van der Waals surface area contributed by atoms with Crippen LogP contribution >= 0.6 is 12.2 Å². The summed E-state index contributed by atoms with van der Waals surface area (Å²) >= 11 is 5.28. The molecule has 0 aromatic heterocycles. The number of allylic oxidation sites excluding steroid dienone is 1. The molecule has 2 aliphatic rings. The van der Waals surface area contributed by atoms with Gasteiger partial charge in [-0.25, -0.2) is 0 Å². The second kappa shape index (κ2) is 7.82. The first-order valence-electron chi connectivity index (χ1n) is 8.41. The van der Waals surface area contributed by atoms with Gasteiger partial charge in [0.1, 0.15) is 0 Å². The highest BCUT2D eigenvalue weighted by atomic mass is 32.1. The third kappa shape index (κ3) is 3.70. The van der Waals surface area contributed by atoms with Crippen molar-refractivity contribution in [2.24, 2.45) is 11.8 Å². The van der Waals surface area contributed by atoms with Crippen LogP contribution in [-0.4, -0.2) is 38.4 Å². The van der Waals surface area contributed by atoms with Crippen molar-refractivity contribution in [2.75, 3.05) is 21.3 Å². The van der Waals surface area contributed by atoms with Crippen LogP contribution in [0.1, 0.15) is 23.2 Å². The van der Waals surface area contributed by atoms with Crippen LogP contribution in [0.2, 0.25) is 0 Å². The standard InChI is InChI=1S/C18H23N3O4S/c1-23-14-8-12(9-15(24-2)16(14)25-3)17(22)20-21-18(26)19-13-7-10-4-5-11(13)6-10/h4-5,8-11,13H,6-7H2,1-3H3,(H,20,22)(H2,19,21,26)/t10-,11-,13+/m0/s1. The Kier molecular flexibility index (Phi) is 5.51. The molecule has 0 aliphatic heterocycles. The number of amides is 1. The number of nitrogens with one attached hydrogen (secondary N) is 3. The smallest absolute Gasteiger partial charge is 0.269 e. The van der Waals surface area contributed by atoms with E-state index in [4.69, 9.17) is 26.4 Å². The fourth-order valence-corrected chi connectivity index (χ4v) is 3.75. The van der Waals surface area contributed by atoms with Crippen LogP contribution in [0.3, 0.4) is 0 Å². The molecule has 0 heterocycles. The Labute approximate surface area is 158 Å². The van der Waals surface area contributed by atoms with Gasteiger partial charge in [-0.1, -0.05) is 12.2 Å². The Morgan fingerprint density at radius 2 is 1.73 bits per heavy atom. The van der Waals surface area contributed by atoms with Gasteiger partial charge in [-0.05, 0) is 49.0 Å². The van der Waals surface area contributed by atoms with Gasteiger partial charge in [-0.3, -0.25) is 15.6 Å². The van der Waals surface area contributed by atoms with E-state index >= 15 is 0 Å². The lowest BCUT2D eigenvalue weighted by atomic mass is 10.0. The Morgan fingerprint density at radius 3 is 2.23 bits per heavy atom. The maximum absolute atomic E-state index is 12.4. The Morgan fingerprint density at radius 1 is 1.04 bits per heavy atom. The van der Waals surface area contributed by atoms with Crippen LogP contribution in [0.4, 0.5) is 0 Å². The number of hydrogen-bond donors (Lipinski definition) is 3. The van der Waals surface area contributed by atoms with E-state index in [0.717, 1.165) is 6.42 Å². The van der Waals surface area contributed by atoms with E-state index in [0.29, 0.717) is 45.8 Å². The number of thiocarbonyl (C=S) groups is 1. The fraction of sp³-hybridized carbons (Fsp3) is 0.444. The molecule has 3 atom stereocenters. The zero-order valence-electron chi connectivity index (χ0n) is 15.0. The summed E-state index contributed by atoms with van der Waals surface area (Å²) in [5.74, 6) is 2.06. The molecular formula is C18H23N3O4S. The quantitative estimate of drug-likeness (QED) is 0.410. The Balaban J connectivity index is 1.59. The van der Waals surface area contributed by atoms with Gasteiger partial charge in [0, 0.05) is 11.6 Å². The van der Waals surface area contributed by atoms with Gasteiger partial charge in [-0.15, -0.1) is 0 Å². The van der Waals surface area contributed by atoms with Crippen molar-refractivity contribution in [3.63, 3.8) is 0 Å². The van der Waals surface area contributed by atoms with Crippen LogP contribution < -0.4 is 30.4 Å². The lowest BCUT2D eigenvalue weighted by Gasteiger charge is -2.22. The summed E-state index contributed by atoms with van der Waals surface area (Å²) in [6.45, 7) is 0. The van der Waals surface area contributed by atoms with Crippen LogP contribution in [0.25, 0.3) is 0 Å². The molecule has 1 aromatic rings. The molecule has 2 bridgehead atoms. The molecule has 0 saturated heterocycles. The summed E-state index contributed by atoms with van der Waals surface area (Å²) in [6.07, 6.45) is 6.76. The molecule has 0 radical (unpaired) electrons. The molecule has 26 heavy (non-hydrogen) atoms. The molecule has 140 valence electrons. The number of hydrazine groups is 1. The number of hydrogen-bond acceptors (Lipinski definition) is 5. The average molecular weight is 377 g/mol. The van der Waals surface area contributed by atoms with Crippen molar-refractivity contribution in [3.05, 3.63) is 29.8 Å². The van der Waals surface area contributed by atoms with Crippen molar-refractivity contribution >= 4 is 23.2 Å². The highest BCUT2D eigenvalue weighted by molar-refractivity contribution is 7.80. The summed E-state index contributed by atoms with van der Waals surface area (Å²) in [7, 11) is 4.51. The molecule has 8 heteroatoms. The number of carbonyl (C=O) groups excluding carboxylic acids is 1. The van der Waals surface area contributed by atoms with Crippen molar-refractivity contribution in [3.8, 4) is 17.2 Å². The summed E-state index contributed by atoms with van der Waals surface area (Å²) in [6, 6.07) is 3.48. The molecule has 7 nitrogen and oxygen atoms in total. The number of benzene rings is 1. The van der Waals surface area contributed by atoms with Gasteiger partial charge in [0.25, 0.3) is 5.91 Å². The minimum absolute atomic E-state index is 0.322. The third-order valence-electron chi connectivity index (χ3n) is 4.81. The largest absolute Gasteiger partial charge is 0.493 e. The van der Waals surface area contributed by atoms with Gasteiger partial charge in [0.05, 0.1) is 21.3 Å². The van der Waals surface area contributed by atoms with E-state index in [9.17, 15) is 4.79 Å². The van der Waals surface area contributed by atoms with Crippen LogP contribution in [-0.2, 0) is 0 Å². The molecule has 1 aromatic carbocycles. The zero-order valence-corrected chi connectivity index (χ0v) is 15.8. The maximum Gasteiger partial charge on any atom is 0.269 e. The summed E-state index contributed by atoms with van der Waals surface area (Å²) in [5, 5.41) is 3.67. The fourth-order valence-electron chi connectivity index (χ4n) is 3.55. The predicted molar refractivity (Wildman–Crippen MR) is 102 cm³/mol. The maximum atomic E-state index is 12.4. The van der Waals surface area contributed by atoms with E-state index in [1.807, 2.05) is 0 Å². The zero-order chi connectivity index (χ0) is 18.7. The van der Waals surface area contributed by atoms with Crippen LogP contribution in [0.15, 0.2) is 24.3 Å². The van der Waals surface area contributed by atoms with Gasteiger partial charge in [0.15, 0.2) is 16.6 Å². The monoisotopic (exact) mass is 377 g/mol. The number of carbonyl (C=O) groups is 1. The second-order valence-electron chi connectivity index (χ2n) is 6.35. The van der Waals surface area contributed by atoms with E-state index in [1.165, 1.54) is 27.8 Å². The minimum atomic E-state index is -0.360. The molecule has 0 unspecified atom stereocenters. The first-order chi connectivity index (χ1) is 12.5.